The second kappa shape index (κ2) is 6.04. The lowest BCUT2D eigenvalue weighted by Gasteiger charge is -2.15. The topological polar surface area (TPSA) is 67.4 Å². The zero-order valence-electron chi connectivity index (χ0n) is 10.7. The van der Waals surface area contributed by atoms with Crippen molar-refractivity contribution >= 4 is 11.7 Å². The highest BCUT2D eigenvalue weighted by atomic mass is 16.5. The van der Waals surface area contributed by atoms with Crippen molar-refractivity contribution in [1.82, 2.24) is 10.9 Å². The van der Waals surface area contributed by atoms with Gasteiger partial charge in [0, 0.05) is 23.8 Å². The number of carbonyl (C=O) groups is 2. The van der Waals surface area contributed by atoms with E-state index < -0.39 is 0 Å². The summed E-state index contributed by atoms with van der Waals surface area (Å²) in [6.45, 7) is 0. The summed E-state index contributed by atoms with van der Waals surface area (Å²) in [6, 6.07) is 6.86. The molecule has 0 unspecified atom stereocenters. The van der Waals surface area contributed by atoms with Gasteiger partial charge in [-0.2, -0.15) is 0 Å². The molecule has 0 aliphatic heterocycles. The van der Waals surface area contributed by atoms with Gasteiger partial charge in [0.1, 0.15) is 5.75 Å². The van der Waals surface area contributed by atoms with Crippen LogP contribution in [0, 0.1) is 0 Å². The molecule has 2 N–H and O–H groups in total. The minimum absolute atomic E-state index is 0.0874. The van der Waals surface area contributed by atoms with Gasteiger partial charge in [-0.15, -0.1) is 0 Å². The maximum Gasteiger partial charge on any atom is 0.269 e. The largest absolute Gasteiger partial charge is 0.497 e. The standard InChI is InChI=1S/C14H16N2O3/c1-19-13-7-2-4-10(8-13)14(18)16-15-11-5-3-6-12(17)9-11/h2,4,7-9,15H,3,5-6H2,1H3,(H,16,18). The van der Waals surface area contributed by atoms with Crippen molar-refractivity contribution < 1.29 is 14.3 Å². The molecule has 0 saturated carbocycles. The van der Waals surface area contributed by atoms with Gasteiger partial charge in [0.15, 0.2) is 5.78 Å². The van der Waals surface area contributed by atoms with Gasteiger partial charge in [-0.25, -0.2) is 0 Å². The third-order valence-electron chi connectivity index (χ3n) is 2.87. The number of nitrogens with one attached hydrogen (secondary N) is 2. The SMILES string of the molecule is COc1cccc(C(=O)NNC2=CC(=O)CCC2)c1. The molecule has 0 atom stereocenters. The number of carbonyl (C=O) groups excluding carboxylic acids is 2. The molecule has 19 heavy (non-hydrogen) atoms. The summed E-state index contributed by atoms with van der Waals surface area (Å²) in [4.78, 5) is 23.1. The molecule has 5 nitrogen and oxygen atoms in total. The Bertz CT molecular complexity index is 523. The zero-order chi connectivity index (χ0) is 13.7. The van der Waals surface area contributed by atoms with Crippen LogP contribution in [-0.4, -0.2) is 18.8 Å². The molecular weight excluding hydrogens is 244 g/mol. The van der Waals surface area contributed by atoms with E-state index in [0.29, 0.717) is 17.7 Å². The molecule has 0 fully saturated rings. The molecule has 1 aromatic rings. The summed E-state index contributed by atoms with van der Waals surface area (Å²) >= 11 is 0. The third-order valence-corrected chi connectivity index (χ3v) is 2.87. The molecular formula is C14H16N2O3. The smallest absolute Gasteiger partial charge is 0.269 e. The second-order valence-electron chi connectivity index (χ2n) is 4.30. The van der Waals surface area contributed by atoms with Crippen molar-refractivity contribution in [2.24, 2.45) is 0 Å². The van der Waals surface area contributed by atoms with Crippen molar-refractivity contribution in [3.05, 3.63) is 41.6 Å². The fourth-order valence-corrected chi connectivity index (χ4v) is 1.86. The normalized spacial score (nSPS) is 14.6. The summed E-state index contributed by atoms with van der Waals surface area (Å²) < 4.78 is 5.06. The Kier molecular flexibility index (Phi) is 4.18. The Morgan fingerprint density at radius 1 is 1.32 bits per heavy atom. The van der Waals surface area contributed by atoms with E-state index in [-0.39, 0.29) is 11.7 Å². The Labute approximate surface area is 111 Å². The molecule has 0 radical (unpaired) electrons. The first kappa shape index (κ1) is 13.1. The monoisotopic (exact) mass is 260 g/mol. The number of benzene rings is 1. The van der Waals surface area contributed by atoms with Crippen molar-refractivity contribution in [3.63, 3.8) is 0 Å². The van der Waals surface area contributed by atoms with Gasteiger partial charge in [0.25, 0.3) is 5.91 Å². The fraction of sp³-hybridized carbons (Fsp3) is 0.286. The Morgan fingerprint density at radius 2 is 2.16 bits per heavy atom. The molecule has 0 spiro atoms. The number of amides is 1. The lowest BCUT2D eigenvalue weighted by atomic mass is 10.0. The van der Waals surface area contributed by atoms with Crippen molar-refractivity contribution in [2.75, 3.05) is 7.11 Å². The van der Waals surface area contributed by atoms with Gasteiger partial charge >= 0.3 is 0 Å². The highest BCUT2D eigenvalue weighted by molar-refractivity contribution is 5.94. The molecule has 1 aliphatic carbocycles. The molecule has 1 aromatic carbocycles. The van der Waals surface area contributed by atoms with Crippen LogP contribution in [0.25, 0.3) is 0 Å². The molecule has 0 heterocycles. The van der Waals surface area contributed by atoms with Crippen molar-refractivity contribution in [3.8, 4) is 5.75 Å². The van der Waals surface area contributed by atoms with E-state index in [1.54, 1.807) is 31.4 Å². The third kappa shape index (κ3) is 3.58. The fourth-order valence-electron chi connectivity index (χ4n) is 1.86. The number of hydrogen-bond acceptors (Lipinski definition) is 4. The van der Waals surface area contributed by atoms with E-state index >= 15 is 0 Å². The van der Waals surface area contributed by atoms with E-state index in [4.69, 9.17) is 4.74 Å². The van der Waals surface area contributed by atoms with Crippen LogP contribution in [-0.2, 0) is 4.79 Å². The van der Waals surface area contributed by atoms with Crippen LogP contribution in [0.4, 0.5) is 0 Å². The first-order valence-corrected chi connectivity index (χ1v) is 6.13. The van der Waals surface area contributed by atoms with E-state index in [1.807, 2.05) is 0 Å². The summed E-state index contributed by atoms with van der Waals surface area (Å²) in [5.74, 6) is 0.446. The van der Waals surface area contributed by atoms with E-state index in [9.17, 15) is 9.59 Å². The molecule has 0 saturated heterocycles. The van der Waals surface area contributed by atoms with Crippen molar-refractivity contribution in [2.45, 2.75) is 19.3 Å². The lowest BCUT2D eigenvalue weighted by Crippen LogP contribution is -2.37. The average Bonchev–Trinajstić information content (AvgIpc) is 2.45. The zero-order valence-corrected chi connectivity index (χ0v) is 10.7. The highest BCUT2D eigenvalue weighted by Gasteiger charge is 2.11. The molecule has 1 amide bonds. The summed E-state index contributed by atoms with van der Waals surface area (Å²) in [5, 5.41) is 0. The van der Waals surface area contributed by atoms with Gasteiger partial charge in [-0.05, 0) is 31.0 Å². The maximum atomic E-state index is 11.9. The summed E-state index contributed by atoms with van der Waals surface area (Å²) in [5.41, 5.74) is 6.60. The molecule has 0 bridgehead atoms. The summed E-state index contributed by atoms with van der Waals surface area (Å²) in [6.07, 6.45) is 3.70. The van der Waals surface area contributed by atoms with Gasteiger partial charge in [0.2, 0.25) is 0 Å². The molecule has 2 rings (SSSR count). The van der Waals surface area contributed by atoms with Crippen LogP contribution >= 0.6 is 0 Å². The van der Waals surface area contributed by atoms with Crippen LogP contribution < -0.4 is 15.6 Å². The minimum atomic E-state index is -0.266. The average molecular weight is 260 g/mol. The van der Waals surface area contributed by atoms with Crippen LogP contribution in [0.15, 0.2) is 36.0 Å². The van der Waals surface area contributed by atoms with Crippen LogP contribution in [0.2, 0.25) is 0 Å². The predicted molar refractivity (Wildman–Crippen MR) is 70.5 cm³/mol. The van der Waals surface area contributed by atoms with Crippen LogP contribution in [0.5, 0.6) is 5.75 Å². The molecule has 0 aromatic heterocycles. The maximum absolute atomic E-state index is 11.9. The first-order valence-electron chi connectivity index (χ1n) is 6.13. The quantitative estimate of drug-likeness (QED) is 0.806. The number of allylic oxidation sites excluding steroid dienone is 2. The van der Waals surface area contributed by atoms with Gasteiger partial charge < -0.3 is 10.2 Å². The van der Waals surface area contributed by atoms with Crippen LogP contribution in [0.1, 0.15) is 29.6 Å². The Hall–Kier alpha value is -2.30. The summed E-state index contributed by atoms with van der Waals surface area (Å²) in [7, 11) is 1.55. The number of methoxy groups -OCH3 is 1. The lowest BCUT2D eigenvalue weighted by molar-refractivity contribution is -0.115. The van der Waals surface area contributed by atoms with Crippen LogP contribution in [0.3, 0.4) is 0 Å². The van der Waals surface area contributed by atoms with Gasteiger partial charge in [0.05, 0.1) is 7.11 Å². The number of ketones is 1. The predicted octanol–water partition coefficient (Wildman–Crippen LogP) is 1.57. The number of hydrogen-bond donors (Lipinski definition) is 2. The number of hydrazine groups is 1. The molecule has 1 aliphatic rings. The van der Waals surface area contributed by atoms with E-state index in [0.717, 1.165) is 18.5 Å². The second-order valence-corrected chi connectivity index (χ2v) is 4.30. The van der Waals surface area contributed by atoms with E-state index in [1.165, 1.54) is 6.08 Å². The molecule has 100 valence electrons. The van der Waals surface area contributed by atoms with Gasteiger partial charge in [-0.1, -0.05) is 6.07 Å². The van der Waals surface area contributed by atoms with Crippen molar-refractivity contribution in [1.29, 1.82) is 0 Å². The highest BCUT2D eigenvalue weighted by Crippen LogP contribution is 2.13. The number of ether oxygens (including phenoxy) is 1. The number of rotatable bonds is 4. The Morgan fingerprint density at radius 3 is 2.89 bits per heavy atom. The Balaban J connectivity index is 1.95. The minimum Gasteiger partial charge on any atom is -0.497 e. The molecule has 5 heteroatoms. The first-order chi connectivity index (χ1) is 9.19. The van der Waals surface area contributed by atoms with E-state index in [2.05, 4.69) is 10.9 Å². The van der Waals surface area contributed by atoms with Gasteiger partial charge in [-0.3, -0.25) is 15.0 Å².